The maximum atomic E-state index is 12.3. The van der Waals surface area contributed by atoms with E-state index in [9.17, 15) is 9.59 Å². The minimum Gasteiger partial charge on any atom is -0.494 e. The lowest BCUT2D eigenvalue weighted by Crippen LogP contribution is -2.29. The SMILES string of the molecule is C=CC(=O)Nc1cc(Nc2ncc(Cl)c(-n3cc(C(C)=O)c4ccccc43)n2)c(OC)cc1N(C)CCN(C)C. The molecule has 1 amide bonds. The van der Waals surface area contributed by atoms with E-state index >= 15 is 0 Å². The summed E-state index contributed by atoms with van der Waals surface area (Å²) in [6.45, 7) is 6.62. The molecule has 10 nitrogen and oxygen atoms in total. The van der Waals surface area contributed by atoms with Crippen LogP contribution in [0.4, 0.5) is 23.0 Å². The van der Waals surface area contributed by atoms with E-state index in [2.05, 4.69) is 32.1 Å². The fourth-order valence-electron chi connectivity index (χ4n) is 4.25. The maximum absolute atomic E-state index is 12.3. The van der Waals surface area contributed by atoms with Crippen LogP contribution in [0.15, 0.2) is 61.4 Å². The molecule has 2 heterocycles. The first-order valence-corrected chi connectivity index (χ1v) is 12.9. The van der Waals surface area contributed by atoms with Gasteiger partial charge in [-0.25, -0.2) is 4.98 Å². The van der Waals surface area contributed by atoms with Crippen LogP contribution in [0.5, 0.6) is 5.75 Å². The van der Waals surface area contributed by atoms with Crippen molar-refractivity contribution in [3.63, 3.8) is 0 Å². The van der Waals surface area contributed by atoms with E-state index in [4.69, 9.17) is 16.3 Å². The Morgan fingerprint density at radius 2 is 1.90 bits per heavy atom. The van der Waals surface area contributed by atoms with Gasteiger partial charge in [-0.15, -0.1) is 0 Å². The van der Waals surface area contributed by atoms with Crippen molar-refractivity contribution in [1.29, 1.82) is 0 Å². The molecule has 0 saturated heterocycles. The molecule has 2 aromatic heterocycles. The fraction of sp³-hybridized carbons (Fsp3) is 0.241. The summed E-state index contributed by atoms with van der Waals surface area (Å²) in [6, 6.07) is 11.2. The third-order valence-corrected chi connectivity index (χ3v) is 6.61. The van der Waals surface area contributed by atoms with Crippen LogP contribution in [0, 0.1) is 0 Å². The topological polar surface area (TPSA) is 105 Å². The number of carbonyl (C=O) groups is 2. The van der Waals surface area contributed by atoms with Crippen molar-refractivity contribution in [2.75, 3.05) is 56.9 Å². The number of anilines is 4. The number of fused-ring (bicyclic) bond motifs is 1. The highest BCUT2D eigenvalue weighted by molar-refractivity contribution is 6.32. The van der Waals surface area contributed by atoms with Gasteiger partial charge in [0.1, 0.15) is 10.8 Å². The van der Waals surface area contributed by atoms with Crippen LogP contribution < -0.4 is 20.3 Å². The van der Waals surface area contributed by atoms with Gasteiger partial charge in [-0.3, -0.25) is 14.2 Å². The van der Waals surface area contributed by atoms with E-state index in [0.717, 1.165) is 29.7 Å². The van der Waals surface area contributed by atoms with Gasteiger partial charge in [0.05, 0.1) is 35.9 Å². The molecule has 0 bridgehead atoms. The van der Waals surface area contributed by atoms with Gasteiger partial charge >= 0.3 is 0 Å². The summed E-state index contributed by atoms with van der Waals surface area (Å²) in [4.78, 5) is 37.7. The minimum absolute atomic E-state index is 0.0621. The molecular weight excluding hydrogens is 530 g/mol. The Kier molecular flexibility index (Phi) is 8.71. The molecule has 0 radical (unpaired) electrons. The Labute approximate surface area is 238 Å². The molecule has 0 atom stereocenters. The number of carbonyl (C=O) groups excluding carboxylic acids is 2. The van der Waals surface area contributed by atoms with Crippen LogP contribution in [0.3, 0.4) is 0 Å². The van der Waals surface area contributed by atoms with E-state index in [0.29, 0.717) is 33.5 Å². The number of para-hydroxylation sites is 1. The molecule has 4 rings (SSSR count). The number of likely N-dealkylation sites (N-methyl/N-ethyl adjacent to an activating group) is 2. The van der Waals surface area contributed by atoms with E-state index in [1.807, 2.05) is 56.4 Å². The Hall–Kier alpha value is -4.41. The highest BCUT2D eigenvalue weighted by atomic mass is 35.5. The van der Waals surface area contributed by atoms with Crippen LogP contribution in [0.2, 0.25) is 5.02 Å². The number of ketones is 1. The van der Waals surface area contributed by atoms with E-state index in [-0.39, 0.29) is 17.6 Å². The molecule has 208 valence electrons. The number of Topliss-reactive ketones (excluding diaryl/α,β-unsaturated/α-hetero) is 1. The number of amides is 1. The number of halogens is 1. The lowest BCUT2D eigenvalue weighted by atomic mass is 10.1. The second-order valence-corrected chi connectivity index (χ2v) is 9.87. The number of methoxy groups -OCH3 is 1. The van der Waals surface area contributed by atoms with Crippen LogP contribution in [-0.2, 0) is 4.79 Å². The number of hydrogen-bond donors (Lipinski definition) is 2. The van der Waals surface area contributed by atoms with Gasteiger partial charge in [0.2, 0.25) is 11.9 Å². The highest BCUT2D eigenvalue weighted by Crippen LogP contribution is 2.38. The van der Waals surface area contributed by atoms with Gasteiger partial charge < -0.3 is 25.2 Å². The standard InChI is InChI=1S/C29H32ClN7O3/c1-7-27(39)32-22-14-23(26(40-6)15-25(22)36(5)13-12-35(3)4)33-29-31-16-21(30)28(34-29)37-17-20(18(2)38)19-10-8-9-11-24(19)37/h7-11,14-17H,1,12-13H2,2-6H3,(H,32,39)(H,31,33,34). The molecule has 0 aliphatic rings. The number of aromatic nitrogens is 3. The van der Waals surface area contributed by atoms with Gasteiger partial charge in [0.15, 0.2) is 11.6 Å². The van der Waals surface area contributed by atoms with Crippen molar-refractivity contribution in [2.45, 2.75) is 6.92 Å². The van der Waals surface area contributed by atoms with Crippen molar-refractivity contribution in [2.24, 2.45) is 0 Å². The van der Waals surface area contributed by atoms with Gasteiger partial charge in [0, 0.05) is 43.4 Å². The Morgan fingerprint density at radius 1 is 1.15 bits per heavy atom. The smallest absolute Gasteiger partial charge is 0.247 e. The molecule has 2 N–H and O–H groups in total. The molecule has 2 aromatic carbocycles. The first-order valence-electron chi connectivity index (χ1n) is 12.5. The fourth-order valence-corrected chi connectivity index (χ4v) is 4.43. The zero-order chi connectivity index (χ0) is 29.0. The molecule has 0 fully saturated rings. The average Bonchev–Trinajstić information content (AvgIpc) is 3.32. The van der Waals surface area contributed by atoms with Gasteiger partial charge in [-0.2, -0.15) is 4.98 Å². The zero-order valence-corrected chi connectivity index (χ0v) is 23.9. The second kappa shape index (κ2) is 12.2. The lowest BCUT2D eigenvalue weighted by molar-refractivity contribution is -0.111. The number of ether oxygens (including phenoxy) is 1. The number of hydrogen-bond acceptors (Lipinski definition) is 8. The van der Waals surface area contributed by atoms with Crippen LogP contribution in [-0.4, -0.2) is 72.5 Å². The van der Waals surface area contributed by atoms with Crippen LogP contribution >= 0.6 is 11.6 Å². The highest BCUT2D eigenvalue weighted by Gasteiger charge is 2.19. The largest absolute Gasteiger partial charge is 0.494 e. The van der Waals surface area contributed by atoms with E-state index in [1.165, 1.54) is 19.2 Å². The lowest BCUT2D eigenvalue weighted by Gasteiger charge is -2.26. The molecule has 11 heteroatoms. The van der Waals surface area contributed by atoms with Gasteiger partial charge in [-0.1, -0.05) is 36.4 Å². The Bertz CT molecular complexity index is 1580. The first kappa shape index (κ1) is 28.6. The monoisotopic (exact) mass is 561 g/mol. The normalized spacial score (nSPS) is 11.0. The first-order chi connectivity index (χ1) is 19.1. The molecule has 0 aliphatic carbocycles. The Morgan fingerprint density at radius 3 is 2.58 bits per heavy atom. The quantitative estimate of drug-likeness (QED) is 0.191. The number of nitrogens with zero attached hydrogens (tertiary/aromatic N) is 5. The van der Waals surface area contributed by atoms with E-state index in [1.54, 1.807) is 23.9 Å². The zero-order valence-electron chi connectivity index (χ0n) is 23.2. The summed E-state index contributed by atoms with van der Waals surface area (Å²) in [7, 11) is 7.51. The summed E-state index contributed by atoms with van der Waals surface area (Å²) >= 11 is 6.54. The van der Waals surface area contributed by atoms with Crippen molar-refractivity contribution >= 4 is 57.2 Å². The molecule has 40 heavy (non-hydrogen) atoms. The number of benzene rings is 2. The third-order valence-electron chi connectivity index (χ3n) is 6.35. The summed E-state index contributed by atoms with van der Waals surface area (Å²) in [5, 5.41) is 7.19. The summed E-state index contributed by atoms with van der Waals surface area (Å²) < 4.78 is 7.46. The number of rotatable bonds is 11. The molecule has 0 aliphatic heterocycles. The average molecular weight is 562 g/mol. The second-order valence-electron chi connectivity index (χ2n) is 9.46. The molecule has 0 spiro atoms. The minimum atomic E-state index is -0.343. The predicted molar refractivity (Wildman–Crippen MR) is 161 cm³/mol. The third kappa shape index (κ3) is 6.08. The molecular formula is C29H32ClN7O3. The van der Waals surface area contributed by atoms with Crippen LogP contribution in [0.25, 0.3) is 16.7 Å². The van der Waals surface area contributed by atoms with Crippen molar-refractivity contribution < 1.29 is 14.3 Å². The molecule has 0 unspecified atom stereocenters. The van der Waals surface area contributed by atoms with Crippen LogP contribution in [0.1, 0.15) is 17.3 Å². The van der Waals surface area contributed by atoms with Crippen molar-refractivity contribution in [3.8, 4) is 11.6 Å². The van der Waals surface area contributed by atoms with Crippen molar-refractivity contribution in [1.82, 2.24) is 19.4 Å². The summed E-state index contributed by atoms with van der Waals surface area (Å²) in [5.41, 5.74) is 3.22. The Balaban J connectivity index is 1.77. The molecule has 0 saturated carbocycles. The summed E-state index contributed by atoms with van der Waals surface area (Å²) in [5.74, 6) is 0.766. The molecule has 4 aromatic rings. The van der Waals surface area contributed by atoms with Gasteiger partial charge in [0.25, 0.3) is 0 Å². The van der Waals surface area contributed by atoms with Crippen molar-refractivity contribution in [3.05, 3.63) is 72.0 Å². The predicted octanol–water partition coefficient (Wildman–Crippen LogP) is 5.15. The van der Waals surface area contributed by atoms with E-state index < -0.39 is 0 Å². The maximum Gasteiger partial charge on any atom is 0.247 e. The number of nitrogens with one attached hydrogen (secondary N) is 2. The summed E-state index contributed by atoms with van der Waals surface area (Å²) in [6.07, 6.45) is 4.43. The van der Waals surface area contributed by atoms with Gasteiger partial charge in [-0.05, 0) is 39.2 Å².